The molecule has 3 rings (SSSR count). The van der Waals surface area contributed by atoms with Crippen molar-refractivity contribution in [3.63, 3.8) is 0 Å². The van der Waals surface area contributed by atoms with Crippen molar-refractivity contribution in [1.29, 1.82) is 0 Å². The first-order chi connectivity index (χ1) is 8.80. The molecular weight excluding hydrogens is 260 g/mol. The average Bonchev–Trinajstić information content (AvgIpc) is 3.12. The minimum absolute atomic E-state index is 0. The van der Waals surface area contributed by atoms with Crippen LogP contribution in [0.4, 0.5) is 0 Å². The molecule has 1 heterocycles. The van der Waals surface area contributed by atoms with Gasteiger partial charge in [-0.1, -0.05) is 25.7 Å². The number of carbonyl (C=O) groups is 1. The number of carbonyl (C=O) groups excluding carboxylic acids is 1. The van der Waals surface area contributed by atoms with Gasteiger partial charge >= 0.3 is 0 Å². The predicted molar refractivity (Wildman–Crippen MR) is 79.5 cm³/mol. The van der Waals surface area contributed by atoms with Gasteiger partial charge in [-0.3, -0.25) is 4.79 Å². The van der Waals surface area contributed by atoms with Gasteiger partial charge in [-0.25, -0.2) is 0 Å². The van der Waals surface area contributed by atoms with Gasteiger partial charge in [0.25, 0.3) is 0 Å². The Bertz CT molecular complexity index is 307. The van der Waals surface area contributed by atoms with Crippen LogP contribution < -0.4 is 10.6 Å². The van der Waals surface area contributed by atoms with Crippen LogP contribution in [0.3, 0.4) is 0 Å². The third-order valence-electron chi connectivity index (χ3n) is 5.31. The monoisotopic (exact) mass is 286 g/mol. The molecule has 1 spiro atoms. The maximum atomic E-state index is 12.3. The van der Waals surface area contributed by atoms with E-state index in [4.69, 9.17) is 0 Å². The average molecular weight is 287 g/mol. The normalized spacial score (nSPS) is 30.2. The number of piperidine rings is 1. The first-order valence-electron chi connectivity index (χ1n) is 7.81. The van der Waals surface area contributed by atoms with E-state index in [0.29, 0.717) is 23.3 Å². The van der Waals surface area contributed by atoms with E-state index in [1.54, 1.807) is 0 Å². The Morgan fingerprint density at radius 1 is 1.05 bits per heavy atom. The van der Waals surface area contributed by atoms with Crippen LogP contribution in [-0.4, -0.2) is 25.0 Å². The highest BCUT2D eigenvalue weighted by Gasteiger charge is 2.57. The number of nitrogens with one attached hydrogen (secondary N) is 2. The molecule has 1 saturated heterocycles. The van der Waals surface area contributed by atoms with Gasteiger partial charge in [-0.15, -0.1) is 12.4 Å². The smallest absolute Gasteiger partial charge is 0.223 e. The molecule has 1 unspecified atom stereocenters. The zero-order valence-corrected chi connectivity index (χ0v) is 12.6. The summed E-state index contributed by atoms with van der Waals surface area (Å²) in [5.41, 5.74) is 0.389. The summed E-state index contributed by atoms with van der Waals surface area (Å²) in [5, 5.41) is 6.73. The molecule has 2 N–H and O–H groups in total. The lowest BCUT2D eigenvalue weighted by Gasteiger charge is -2.24. The molecule has 3 fully saturated rings. The van der Waals surface area contributed by atoms with Crippen LogP contribution in [0.5, 0.6) is 0 Å². The lowest BCUT2D eigenvalue weighted by atomic mass is 9.91. The molecule has 3 aliphatic rings. The summed E-state index contributed by atoms with van der Waals surface area (Å²) in [5.74, 6) is 0.701. The van der Waals surface area contributed by atoms with Crippen LogP contribution >= 0.6 is 12.4 Å². The van der Waals surface area contributed by atoms with Crippen LogP contribution in [-0.2, 0) is 4.79 Å². The summed E-state index contributed by atoms with van der Waals surface area (Å²) < 4.78 is 0. The van der Waals surface area contributed by atoms with Crippen molar-refractivity contribution >= 4 is 18.3 Å². The van der Waals surface area contributed by atoms with Crippen molar-refractivity contribution in [1.82, 2.24) is 10.6 Å². The van der Waals surface area contributed by atoms with E-state index < -0.39 is 0 Å². The second-order valence-electron chi connectivity index (χ2n) is 6.57. The van der Waals surface area contributed by atoms with Crippen molar-refractivity contribution in [3.8, 4) is 0 Å². The molecule has 0 aromatic carbocycles. The molecule has 0 aromatic rings. The fourth-order valence-electron chi connectivity index (χ4n) is 3.92. The first-order valence-corrected chi connectivity index (χ1v) is 7.81. The number of hydrogen-bond donors (Lipinski definition) is 2. The number of halogens is 1. The van der Waals surface area contributed by atoms with E-state index in [9.17, 15) is 4.79 Å². The molecule has 110 valence electrons. The fraction of sp³-hybridized carbons (Fsp3) is 0.933. The van der Waals surface area contributed by atoms with Crippen molar-refractivity contribution in [3.05, 3.63) is 0 Å². The van der Waals surface area contributed by atoms with E-state index in [1.807, 2.05) is 0 Å². The Morgan fingerprint density at radius 2 is 1.68 bits per heavy atom. The highest BCUT2D eigenvalue weighted by Crippen LogP contribution is 2.58. The summed E-state index contributed by atoms with van der Waals surface area (Å²) in [6.07, 6.45) is 11.3. The van der Waals surface area contributed by atoms with Gasteiger partial charge in [-0.2, -0.15) is 0 Å². The minimum atomic E-state index is 0. The lowest BCUT2D eigenvalue weighted by molar-refractivity contribution is -0.124. The topological polar surface area (TPSA) is 41.1 Å². The maximum Gasteiger partial charge on any atom is 0.223 e. The Morgan fingerprint density at radius 3 is 2.32 bits per heavy atom. The van der Waals surface area contributed by atoms with E-state index in [1.165, 1.54) is 51.4 Å². The number of hydrogen-bond acceptors (Lipinski definition) is 2. The Labute approximate surface area is 122 Å². The summed E-state index contributed by atoms with van der Waals surface area (Å²) >= 11 is 0. The summed E-state index contributed by atoms with van der Waals surface area (Å²) in [4.78, 5) is 12.3. The molecule has 1 aliphatic heterocycles. The van der Waals surface area contributed by atoms with Gasteiger partial charge < -0.3 is 10.6 Å². The molecule has 1 atom stereocenters. The molecule has 2 saturated carbocycles. The molecule has 0 radical (unpaired) electrons. The highest BCUT2D eigenvalue weighted by molar-refractivity contribution is 5.85. The van der Waals surface area contributed by atoms with Gasteiger partial charge in [0.05, 0.1) is 0 Å². The third-order valence-corrected chi connectivity index (χ3v) is 5.31. The van der Waals surface area contributed by atoms with Crippen molar-refractivity contribution in [2.45, 2.75) is 63.8 Å². The molecule has 4 heteroatoms. The van der Waals surface area contributed by atoms with Gasteiger partial charge in [-0.05, 0) is 50.6 Å². The van der Waals surface area contributed by atoms with Crippen LogP contribution in [0.15, 0.2) is 0 Å². The second-order valence-corrected chi connectivity index (χ2v) is 6.57. The Hall–Kier alpha value is -0.280. The highest BCUT2D eigenvalue weighted by atomic mass is 35.5. The standard InChI is InChI=1S/C15H26N2O.ClH/c18-14(17-12-5-3-1-2-4-6-12)13-11-15(13)7-9-16-10-8-15;/h12-13,16H,1-11H2,(H,17,18);1H. The summed E-state index contributed by atoms with van der Waals surface area (Å²) in [7, 11) is 0. The van der Waals surface area contributed by atoms with Gasteiger partial charge in [0.15, 0.2) is 0 Å². The lowest BCUT2D eigenvalue weighted by Crippen LogP contribution is -2.38. The molecular formula is C15H27ClN2O. The quantitative estimate of drug-likeness (QED) is 0.766. The number of amides is 1. The van der Waals surface area contributed by atoms with E-state index in [-0.39, 0.29) is 12.4 Å². The van der Waals surface area contributed by atoms with E-state index >= 15 is 0 Å². The molecule has 0 aromatic heterocycles. The SMILES string of the molecule is Cl.O=C(NC1CCCCCC1)C1CC12CCNCC2. The van der Waals surface area contributed by atoms with Gasteiger partial charge in [0, 0.05) is 12.0 Å². The largest absolute Gasteiger partial charge is 0.353 e. The van der Waals surface area contributed by atoms with E-state index in [2.05, 4.69) is 10.6 Å². The zero-order valence-electron chi connectivity index (χ0n) is 11.7. The van der Waals surface area contributed by atoms with Crippen molar-refractivity contribution < 1.29 is 4.79 Å². The number of rotatable bonds is 2. The molecule has 1 amide bonds. The van der Waals surface area contributed by atoms with Gasteiger partial charge in [0.1, 0.15) is 0 Å². The predicted octanol–water partition coefficient (Wildman–Crippen LogP) is 2.64. The maximum absolute atomic E-state index is 12.3. The molecule has 0 bridgehead atoms. The Balaban J connectivity index is 0.00000133. The van der Waals surface area contributed by atoms with Crippen molar-refractivity contribution in [2.75, 3.05) is 13.1 Å². The molecule has 3 nitrogen and oxygen atoms in total. The van der Waals surface area contributed by atoms with E-state index in [0.717, 1.165) is 19.5 Å². The molecule has 19 heavy (non-hydrogen) atoms. The van der Waals surface area contributed by atoms with Crippen LogP contribution in [0.25, 0.3) is 0 Å². The van der Waals surface area contributed by atoms with Crippen LogP contribution in [0, 0.1) is 11.3 Å². The summed E-state index contributed by atoms with van der Waals surface area (Å²) in [6, 6.07) is 0.472. The molecule has 2 aliphatic carbocycles. The van der Waals surface area contributed by atoms with Crippen LogP contribution in [0.2, 0.25) is 0 Å². The van der Waals surface area contributed by atoms with Crippen LogP contribution in [0.1, 0.15) is 57.8 Å². The first kappa shape index (κ1) is 15.1. The second kappa shape index (κ2) is 6.45. The minimum Gasteiger partial charge on any atom is -0.353 e. The van der Waals surface area contributed by atoms with Gasteiger partial charge in [0.2, 0.25) is 5.91 Å². The summed E-state index contributed by atoms with van der Waals surface area (Å²) in [6.45, 7) is 2.21. The fourth-order valence-corrected chi connectivity index (χ4v) is 3.92. The third kappa shape index (κ3) is 3.43. The van der Waals surface area contributed by atoms with Crippen molar-refractivity contribution in [2.24, 2.45) is 11.3 Å². The Kier molecular flexibility index (Phi) is 5.13. The zero-order chi connectivity index (χ0) is 12.4.